The molecule has 0 spiro atoms. The van der Waals surface area contributed by atoms with Gasteiger partial charge < -0.3 is 15.0 Å². The summed E-state index contributed by atoms with van der Waals surface area (Å²) in [6, 6.07) is 0. The maximum absolute atomic E-state index is 5.96. The summed E-state index contributed by atoms with van der Waals surface area (Å²) in [5.41, 5.74) is 5.94. The van der Waals surface area contributed by atoms with Gasteiger partial charge in [-0.05, 0) is 47.0 Å². The molecule has 1 saturated heterocycles. The fourth-order valence-corrected chi connectivity index (χ4v) is 2.21. The van der Waals surface area contributed by atoms with Crippen LogP contribution in [0.3, 0.4) is 0 Å². The summed E-state index contributed by atoms with van der Waals surface area (Å²) in [5.74, 6) is 0. The van der Waals surface area contributed by atoms with Crippen LogP contribution < -0.4 is 5.73 Å². The van der Waals surface area contributed by atoms with Crippen LogP contribution in [0.4, 0.5) is 0 Å². The zero-order valence-electron chi connectivity index (χ0n) is 12.9. The molecule has 1 aromatic heterocycles. The molecule has 112 valence electrons. The average molecular weight is 280 g/mol. The van der Waals surface area contributed by atoms with Crippen LogP contribution in [0.25, 0.3) is 0 Å². The maximum atomic E-state index is 5.96. The van der Waals surface area contributed by atoms with Crippen LogP contribution >= 0.6 is 0 Å². The maximum Gasteiger partial charge on any atom is 0.457 e. The molecule has 0 aliphatic carbocycles. The van der Waals surface area contributed by atoms with E-state index in [9.17, 15) is 0 Å². The zero-order valence-corrected chi connectivity index (χ0v) is 12.9. The molecule has 2 heterocycles. The second-order valence-corrected chi connectivity index (χ2v) is 6.34. The Hall–Kier alpha value is -0.915. The van der Waals surface area contributed by atoms with Gasteiger partial charge in [-0.25, -0.2) is 0 Å². The van der Waals surface area contributed by atoms with Crippen molar-refractivity contribution in [2.75, 3.05) is 6.54 Å². The summed E-state index contributed by atoms with van der Waals surface area (Å²) < 4.78 is 13.8. The average Bonchev–Trinajstić information content (AvgIpc) is 2.83. The predicted octanol–water partition coefficient (Wildman–Crippen LogP) is 1.26. The Morgan fingerprint density at radius 1 is 1.25 bits per heavy atom. The van der Waals surface area contributed by atoms with Gasteiger partial charge >= 0.3 is 7.12 Å². The summed E-state index contributed by atoms with van der Waals surface area (Å²) >= 11 is 0. The first-order valence-corrected chi connectivity index (χ1v) is 7.29. The molecule has 1 aliphatic heterocycles. The van der Waals surface area contributed by atoms with Crippen molar-refractivity contribution in [2.24, 2.45) is 5.73 Å². The Labute approximate surface area is 121 Å². The normalized spacial score (nSPS) is 20.6. The number of rotatable bonds is 6. The third kappa shape index (κ3) is 3.39. The van der Waals surface area contributed by atoms with Crippen molar-refractivity contribution >= 4 is 7.12 Å². The molecule has 0 saturated carbocycles. The van der Waals surface area contributed by atoms with E-state index in [1.54, 1.807) is 0 Å². The first-order valence-electron chi connectivity index (χ1n) is 7.29. The number of hydrogen-bond donors (Lipinski definition) is 1. The van der Waals surface area contributed by atoms with Gasteiger partial charge in [0.05, 0.1) is 16.9 Å². The minimum absolute atomic E-state index is 0.132. The summed E-state index contributed by atoms with van der Waals surface area (Å²) in [6.45, 7) is 9.72. The van der Waals surface area contributed by atoms with Gasteiger partial charge in [-0.1, -0.05) is 5.21 Å². The van der Waals surface area contributed by atoms with Crippen LogP contribution in [-0.2, 0) is 22.3 Å². The molecule has 2 rings (SSSR count). The van der Waals surface area contributed by atoms with Crippen molar-refractivity contribution in [3.63, 3.8) is 0 Å². The van der Waals surface area contributed by atoms with Crippen molar-refractivity contribution < 1.29 is 9.31 Å². The SMILES string of the molecule is CC1(C)OB(CCCn2cc(CCN)nn2)OC1(C)C. The van der Waals surface area contributed by atoms with Crippen LogP contribution in [0.5, 0.6) is 0 Å². The molecule has 7 heteroatoms. The van der Waals surface area contributed by atoms with Gasteiger partial charge in [-0.15, -0.1) is 5.10 Å². The molecular weight excluding hydrogens is 255 g/mol. The molecule has 0 radical (unpaired) electrons. The summed E-state index contributed by atoms with van der Waals surface area (Å²) in [7, 11) is -0.132. The monoisotopic (exact) mass is 280 g/mol. The highest BCUT2D eigenvalue weighted by Gasteiger charge is 2.50. The van der Waals surface area contributed by atoms with E-state index < -0.39 is 0 Å². The van der Waals surface area contributed by atoms with Gasteiger partial charge in [0, 0.05) is 19.2 Å². The van der Waals surface area contributed by atoms with E-state index in [-0.39, 0.29) is 18.3 Å². The molecule has 2 N–H and O–H groups in total. The lowest BCUT2D eigenvalue weighted by Crippen LogP contribution is -2.41. The van der Waals surface area contributed by atoms with Crippen LogP contribution in [-0.4, -0.2) is 39.9 Å². The minimum Gasteiger partial charge on any atom is -0.403 e. The molecular formula is C13H25BN4O2. The Morgan fingerprint density at radius 3 is 2.50 bits per heavy atom. The van der Waals surface area contributed by atoms with Gasteiger partial charge in [-0.2, -0.15) is 0 Å². The van der Waals surface area contributed by atoms with Crippen LogP contribution in [0.1, 0.15) is 39.8 Å². The summed E-state index contributed by atoms with van der Waals surface area (Å²) in [4.78, 5) is 0. The van der Waals surface area contributed by atoms with Crippen molar-refractivity contribution in [3.8, 4) is 0 Å². The van der Waals surface area contributed by atoms with E-state index in [0.717, 1.165) is 31.4 Å². The Balaban J connectivity index is 1.76. The highest BCUT2D eigenvalue weighted by Crippen LogP contribution is 2.37. The molecule has 1 aromatic rings. The van der Waals surface area contributed by atoms with Crippen LogP contribution in [0.15, 0.2) is 6.20 Å². The van der Waals surface area contributed by atoms with Gasteiger partial charge in [0.25, 0.3) is 0 Å². The zero-order chi connectivity index (χ0) is 14.8. The third-order valence-electron chi connectivity index (χ3n) is 4.12. The fourth-order valence-electron chi connectivity index (χ4n) is 2.21. The second-order valence-electron chi connectivity index (χ2n) is 6.34. The van der Waals surface area contributed by atoms with Gasteiger partial charge in [0.1, 0.15) is 0 Å². The number of nitrogens with zero attached hydrogens (tertiary/aromatic N) is 3. The first kappa shape index (κ1) is 15.5. The quantitative estimate of drug-likeness (QED) is 0.794. The topological polar surface area (TPSA) is 75.2 Å². The van der Waals surface area contributed by atoms with Crippen molar-refractivity contribution in [2.45, 2.75) is 64.6 Å². The van der Waals surface area contributed by atoms with E-state index in [2.05, 4.69) is 38.0 Å². The van der Waals surface area contributed by atoms with E-state index in [0.29, 0.717) is 6.54 Å². The van der Waals surface area contributed by atoms with Crippen LogP contribution in [0.2, 0.25) is 6.32 Å². The molecule has 0 aromatic carbocycles. The Kier molecular flexibility index (Phi) is 4.51. The number of aromatic nitrogens is 3. The third-order valence-corrected chi connectivity index (χ3v) is 4.12. The largest absolute Gasteiger partial charge is 0.457 e. The lowest BCUT2D eigenvalue weighted by Gasteiger charge is -2.32. The second kappa shape index (κ2) is 5.83. The highest BCUT2D eigenvalue weighted by atomic mass is 16.7. The molecule has 20 heavy (non-hydrogen) atoms. The molecule has 0 amide bonds. The number of hydrogen-bond acceptors (Lipinski definition) is 5. The number of nitrogens with two attached hydrogens (primary N) is 1. The van der Waals surface area contributed by atoms with E-state index >= 15 is 0 Å². The van der Waals surface area contributed by atoms with Crippen molar-refractivity contribution in [3.05, 3.63) is 11.9 Å². The molecule has 6 nitrogen and oxygen atoms in total. The predicted molar refractivity (Wildman–Crippen MR) is 78.3 cm³/mol. The van der Waals surface area contributed by atoms with E-state index in [1.165, 1.54) is 0 Å². The minimum atomic E-state index is -0.251. The lowest BCUT2D eigenvalue weighted by molar-refractivity contribution is 0.00578. The Bertz CT molecular complexity index is 431. The molecule has 0 bridgehead atoms. The summed E-state index contributed by atoms with van der Waals surface area (Å²) in [5, 5.41) is 8.16. The lowest BCUT2D eigenvalue weighted by atomic mass is 9.83. The van der Waals surface area contributed by atoms with Gasteiger partial charge in [-0.3, -0.25) is 4.68 Å². The van der Waals surface area contributed by atoms with E-state index in [4.69, 9.17) is 15.0 Å². The fraction of sp³-hybridized carbons (Fsp3) is 0.846. The van der Waals surface area contributed by atoms with Gasteiger partial charge in [0.15, 0.2) is 0 Å². The van der Waals surface area contributed by atoms with E-state index in [1.807, 2.05) is 10.9 Å². The number of aryl methyl sites for hydroxylation is 1. The first-order chi connectivity index (χ1) is 9.34. The smallest absolute Gasteiger partial charge is 0.403 e. The standard InChI is InChI=1S/C13H25BN4O2/c1-12(2)13(3,4)20-14(19-12)7-5-9-18-10-11(6-8-15)16-17-18/h10H,5-9,15H2,1-4H3. The van der Waals surface area contributed by atoms with Crippen molar-refractivity contribution in [1.82, 2.24) is 15.0 Å². The van der Waals surface area contributed by atoms with Crippen molar-refractivity contribution in [1.29, 1.82) is 0 Å². The van der Waals surface area contributed by atoms with Crippen LogP contribution in [0, 0.1) is 0 Å². The summed E-state index contributed by atoms with van der Waals surface area (Å²) in [6.07, 6.45) is 4.54. The molecule has 1 aliphatic rings. The molecule has 0 atom stereocenters. The highest BCUT2D eigenvalue weighted by molar-refractivity contribution is 6.45. The molecule has 0 unspecified atom stereocenters. The van der Waals surface area contributed by atoms with Gasteiger partial charge in [0.2, 0.25) is 0 Å². The Morgan fingerprint density at radius 2 is 1.90 bits per heavy atom. The molecule has 1 fully saturated rings.